The molecule has 1 aliphatic rings. The highest BCUT2D eigenvalue weighted by molar-refractivity contribution is 5.90. The lowest BCUT2D eigenvalue weighted by atomic mass is 10.3. The molecule has 1 rings (SSSR count). The Kier molecular flexibility index (Phi) is 4.27. The molecule has 0 radical (unpaired) electrons. The van der Waals surface area contributed by atoms with E-state index in [0.717, 1.165) is 13.4 Å². The third-order valence-corrected chi connectivity index (χ3v) is 1.87. The summed E-state index contributed by atoms with van der Waals surface area (Å²) >= 11 is 0. The van der Waals surface area contributed by atoms with Crippen LogP contribution >= 0.6 is 0 Å². The van der Waals surface area contributed by atoms with Crippen LogP contribution in [0.2, 0.25) is 0 Å². The third kappa shape index (κ3) is 3.33. The molecule has 1 unspecified atom stereocenters. The molecule has 0 saturated carbocycles. The van der Waals surface area contributed by atoms with Gasteiger partial charge in [0.05, 0.1) is 7.11 Å². The highest BCUT2D eigenvalue weighted by Crippen LogP contribution is 2.14. The Balaban J connectivity index is 2.64. The normalized spacial score (nSPS) is 19.2. The van der Waals surface area contributed by atoms with E-state index in [1.54, 1.807) is 6.92 Å². The van der Waals surface area contributed by atoms with E-state index in [1.165, 1.54) is 6.08 Å². The van der Waals surface area contributed by atoms with Crippen LogP contribution in [-0.4, -0.2) is 31.7 Å². The average molecular weight is 241 g/mol. The molecule has 0 aliphatic carbocycles. The number of hydrogen-bond donors (Lipinski definition) is 1. The van der Waals surface area contributed by atoms with Gasteiger partial charge in [0.2, 0.25) is 6.41 Å². The fourth-order valence-corrected chi connectivity index (χ4v) is 1.02. The SMILES string of the molecule is COC(=O)/C(=C/OC1C=C(C)C(=O)O1)NC=O. The maximum absolute atomic E-state index is 11.1. The molecule has 1 N–H and O–H groups in total. The molecule has 7 heteroatoms. The van der Waals surface area contributed by atoms with Gasteiger partial charge in [0.15, 0.2) is 5.70 Å². The van der Waals surface area contributed by atoms with Crippen molar-refractivity contribution in [3.8, 4) is 0 Å². The Bertz CT molecular complexity index is 398. The molecule has 1 aliphatic heterocycles. The maximum Gasteiger partial charge on any atom is 0.357 e. The molecule has 0 spiro atoms. The van der Waals surface area contributed by atoms with Gasteiger partial charge in [-0.25, -0.2) is 9.59 Å². The van der Waals surface area contributed by atoms with E-state index in [2.05, 4.69) is 10.1 Å². The molecule has 0 saturated heterocycles. The van der Waals surface area contributed by atoms with Crippen molar-refractivity contribution in [3.05, 3.63) is 23.6 Å². The van der Waals surface area contributed by atoms with Gasteiger partial charge >= 0.3 is 11.9 Å². The quantitative estimate of drug-likeness (QED) is 0.304. The summed E-state index contributed by atoms with van der Waals surface area (Å²) in [7, 11) is 1.16. The molecule has 0 fully saturated rings. The maximum atomic E-state index is 11.1. The van der Waals surface area contributed by atoms with Crippen molar-refractivity contribution in [1.29, 1.82) is 0 Å². The molecule has 0 bridgehead atoms. The van der Waals surface area contributed by atoms with Crippen LogP contribution < -0.4 is 5.32 Å². The summed E-state index contributed by atoms with van der Waals surface area (Å²) in [6.07, 6.45) is 1.78. The summed E-state index contributed by atoms with van der Waals surface area (Å²) in [5.74, 6) is -1.27. The van der Waals surface area contributed by atoms with E-state index in [1.807, 2.05) is 0 Å². The minimum atomic E-state index is -0.907. The van der Waals surface area contributed by atoms with Gasteiger partial charge in [-0.15, -0.1) is 0 Å². The summed E-state index contributed by atoms with van der Waals surface area (Å²) < 4.78 is 14.1. The zero-order valence-electron chi connectivity index (χ0n) is 9.26. The number of esters is 2. The number of hydrogen-bond acceptors (Lipinski definition) is 6. The van der Waals surface area contributed by atoms with E-state index in [9.17, 15) is 14.4 Å². The zero-order chi connectivity index (χ0) is 12.8. The number of carbonyl (C=O) groups excluding carboxylic acids is 3. The van der Waals surface area contributed by atoms with Gasteiger partial charge < -0.3 is 19.5 Å². The van der Waals surface area contributed by atoms with Crippen LogP contribution in [0.25, 0.3) is 0 Å². The lowest BCUT2D eigenvalue weighted by Gasteiger charge is -2.09. The lowest BCUT2D eigenvalue weighted by molar-refractivity contribution is -0.152. The molecule has 1 heterocycles. The summed E-state index contributed by atoms with van der Waals surface area (Å²) in [5, 5.41) is 2.10. The highest BCUT2D eigenvalue weighted by Gasteiger charge is 2.23. The Morgan fingerprint density at radius 3 is 2.76 bits per heavy atom. The minimum Gasteiger partial charge on any atom is -0.464 e. The molecule has 1 amide bonds. The van der Waals surface area contributed by atoms with Gasteiger partial charge in [0.25, 0.3) is 6.29 Å². The molecule has 92 valence electrons. The fraction of sp³-hybridized carbons (Fsp3) is 0.300. The molecule has 1 atom stereocenters. The van der Waals surface area contributed by atoms with Crippen molar-refractivity contribution < 1.29 is 28.6 Å². The predicted molar refractivity (Wildman–Crippen MR) is 54.0 cm³/mol. The van der Waals surface area contributed by atoms with E-state index < -0.39 is 18.2 Å². The second kappa shape index (κ2) is 5.69. The molecular weight excluding hydrogens is 230 g/mol. The lowest BCUT2D eigenvalue weighted by Crippen LogP contribution is -2.21. The van der Waals surface area contributed by atoms with Crippen molar-refractivity contribution in [2.45, 2.75) is 13.2 Å². The fourth-order valence-electron chi connectivity index (χ4n) is 1.02. The van der Waals surface area contributed by atoms with Crippen LogP contribution in [0.1, 0.15) is 6.92 Å². The van der Waals surface area contributed by atoms with Crippen LogP contribution in [0.5, 0.6) is 0 Å². The minimum absolute atomic E-state index is 0.198. The highest BCUT2D eigenvalue weighted by atomic mass is 16.7. The Morgan fingerprint density at radius 2 is 2.29 bits per heavy atom. The molecule has 0 aromatic heterocycles. The van der Waals surface area contributed by atoms with E-state index in [0.29, 0.717) is 12.0 Å². The smallest absolute Gasteiger partial charge is 0.357 e. The second-order valence-electron chi connectivity index (χ2n) is 3.04. The summed E-state index contributed by atoms with van der Waals surface area (Å²) in [6.45, 7) is 1.57. The van der Waals surface area contributed by atoms with Crippen LogP contribution in [0.15, 0.2) is 23.6 Å². The molecule has 0 aromatic rings. The van der Waals surface area contributed by atoms with Crippen LogP contribution in [-0.2, 0) is 28.6 Å². The second-order valence-corrected chi connectivity index (χ2v) is 3.04. The van der Waals surface area contributed by atoms with Gasteiger partial charge in [-0.1, -0.05) is 0 Å². The Labute approximate surface area is 97.0 Å². The van der Waals surface area contributed by atoms with Crippen LogP contribution in [0.4, 0.5) is 0 Å². The summed E-state index contributed by atoms with van der Waals surface area (Å²) in [4.78, 5) is 32.3. The van der Waals surface area contributed by atoms with Crippen molar-refractivity contribution in [2.75, 3.05) is 7.11 Å². The number of carbonyl (C=O) groups is 3. The van der Waals surface area contributed by atoms with Gasteiger partial charge in [-0.2, -0.15) is 0 Å². The first kappa shape index (κ1) is 12.8. The number of methoxy groups -OCH3 is 1. The number of amides is 1. The third-order valence-electron chi connectivity index (χ3n) is 1.87. The molecule has 17 heavy (non-hydrogen) atoms. The largest absolute Gasteiger partial charge is 0.464 e. The van der Waals surface area contributed by atoms with Crippen LogP contribution in [0, 0.1) is 0 Å². The topological polar surface area (TPSA) is 90.9 Å². The Morgan fingerprint density at radius 1 is 1.59 bits per heavy atom. The monoisotopic (exact) mass is 241 g/mol. The van der Waals surface area contributed by atoms with E-state index >= 15 is 0 Å². The first-order chi connectivity index (χ1) is 8.08. The number of cyclic esters (lactones) is 1. The summed E-state index contributed by atoms with van der Waals surface area (Å²) in [5.41, 5.74) is 0.211. The average Bonchev–Trinajstić information content (AvgIpc) is 2.63. The molecular formula is C10H11NO6. The van der Waals surface area contributed by atoms with Crippen molar-refractivity contribution in [3.63, 3.8) is 0 Å². The van der Waals surface area contributed by atoms with E-state index in [-0.39, 0.29) is 5.70 Å². The van der Waals surface area contributed by atoms with Crippen molar-refractivity contribution in [2.24, 2.45) is 0 Å². The first-order valence-corrected chi connectivity index (χ1v) is 4.62. The van der Waals surface area contributed by atoms with Gasteiger partial charge in [-0.05, 0) is 6.92 Å². The number of ether oxygens (including phenoxy) is 3. The van der Waals surface area contributed by atoms with E-state index in [4.69, 9.17) is 9.47 Å². The predicted octanol–water partition coefficient (Wildman–Crippen LogP) is -0.407. The standard InChI is InChI=1S/C10H11NO6/c1-6-3-8(17-9(6)13)16-4-7(11-5-12)10(14)15-2/h3-5,8H,1-2H3,(H,11,12)/b7-4-. The van der Waals surface area contributed by atoms with Crippen molar-refractivity contribution in [1.82, 2.24) is 5.32 Å². The Hall–Kier alpha value is -2.31. The van der Waals surface area contributed by atoms with Gasteiger partial charge in [-0.3, -0.25) is 4.79 Å². The number of nitrogens with one attached hydrogen (secondary N) is 1. The molecule has 7 nitrogen and oxygen atoms in total. The van der Waals surface area contributed by atoms with Gasteiger partial charge in [0.1, 0.15) is 6.26 Å². The summed E-state index contributed by atoms with van der Waals surface area (Å²) in [6, 6.07) is 0. The van der Waals surface area contributed by atoms with Gasteiger partial charge in [0, 0.05) is 11.6 Å². The zero-order valence-corrected chi connectivity index (χ0v) is 9.26. The van der Waals surface area contributed by atoms with Crippen LogP contribution in [0.3, 0.4) is 0 Å². The van der Waals surface area contributed by atoms with Crippen molar-refractivity contribution >= 4 is 18.3 Å². The number of rotatable bonds is 5. The molecule has 0 aromatic carbocycles. The first-order valence-electron chi connectivity index (χ1n) is 4.62.